The van der Waals surface area contributed by atoms with Crippen LogP contribution in [0.5, 0.6) is 0 Å². The van der Waals surface area contributed by atoms with Crippen molar-refractivity contribution in [3.63, 3.8) is 0 Å². The average Bonchev–Trinajstić information content (AvgIpc) is 2.47. The molecule has 0 aliphatic heterocycles. The predicted molar refractivity (Wildman–Crippen MR) is 83.2 cm³/mol. The summed E-state index contributed by atoms with van der Waals surface area (Å²) >= 11 is 0. The number of carbonyl (C=O) groups is 1. The Morgan fingerprint density at radius 1 is 1.14 bits per heavy atom. The van der Waals surface area contributed by atoms with Gasteiger partial charge in [0, 0.05) is 6.20 Å². The molecule has 0 saturated heterocycles. The van der Waals surface area contributed by atoms with Crippen LogP contribution in [0.3, 0.4) is 0 Å². The first-order valence-corrected chi connectivity index (χ1v) is 7.11. The lowest BCUT2D eigenvalue weighted by Crippen LogP contribution is -2.33. The van der Waals surface area contributed by atoms with Gasteiger partial charge in [-0.15, -0.1) is 0 Å². The zero-order valence-electron chi connectivity index (χ0n) is 12.3. The molecule has 0 spiro atoms. The van der Waals surface area contributed by atoms with Gasteiger partial charge in [-0.05, 0) is 30.0 Å². The van der Waals surface area contributed by atoms with E-state index < -0.39 is 0 Å². The Bertz CT molecular complexity index is 647. The summed E-state index contributed by atoms with van der Waals surface area (Å²) in [5.74, 6) is 0.0934. The molecule has 0 aliphatic rings. The zero-order chi connectivity index (χ0) is 15.2. The first kappa shape index (κ1) is 15.0. The Morgan fingerprint density at radius 3 is 2.48 bits per heavy atom. The topological polar surface area (TPSA) is 62.0 Å². The van der Waals surface area contributed by atoms with Crippen molar-refractivity contribution in [2.45, 2.75) is 26.3 Å². The van der Waals surface area contributed by atoms with Gasteiger partial charge in [0.2, 0.25) is 0 Å². The molecule has 0 fully saturated rings. The highest BCUT2D eigenvalue weighted by Crippen LogP contribution is 2.21. The summed E-state index contributed by atoms with van der Waals surface area (Å²) in [5, 5.41) is 2.96. The Morgan fingerprint density at radius 2 is 1.86 bits per heavy atom. The van der Waals surface area contributed by atoms with Gasteiger partial charge < -0.3 is 10.3 Å². The van der Waals surface area contributed by atoms with Crippen molar-refractivity contribution in [3.05, 3.63) is 70.1 Å². The molecule has 1 aromatic heterocycles. The van der Waals surface area contributed by atoms with E-state index in [4.69, 9.17) is 0 Å². The van der Waals surface area contributed by atoms with Crippen LogP contribution in [0.25, 0.3) is 0 Å². The molecule has 2 aromatic rings. The molecule has 1 amide bonds. The molecule has 4 heteroatoms. The molecule has 2 rings (SSSR count). The third-order valence-corrected chi connectivity index (χ3v) is 3.28. The van der Waals surface area contributed by atoms with E-state index in [1.807, 2.05) is 30.3 Å². The molecule has 1 unspecified atom stereocenters. The van der Waals surface area contributed by atoms with Crippen LogP contribution in [-0.2, 0) is 0 Å². The van der Waals surface area contributed by atoms with Gasteiger partial charge in [-0.3, -0.25) is 9.59 Å². The van der Waals surface area contributed by atoms with E-state index in [9.17, 15) is 9.59 Å². The maximum atomic E-state index is 12.3. The van der Waals surface area contributed by atoms with Crippen molar-refractivity contribution >= 4 is 5.91 Å². The van der Waals surface area contributed by atoms with E-state index in [2.05, 4.69) is 24.1 Å². The quantitative estimate of drug-likeness (QED) is 0.886. The van der Waals surface area contributed by atoms with Gasteiger partial charge >= 0.3 is 0 Å². The van der Waals surface area contributed by atoms with Gasteiger partial charge in [0.05, 0.1) is 6.04 Å². The number of aromatic amines is 1. The second-order valence-electron chi connectivity index (χ2n) is 5.48. The van der Waals surface area contributed by atoms with Crippen LogP contribution in [0, 0.1) is 5.92 Å². The molecule has 1 atom stereocenters. The maximum Gasteiger partial charge on any atom is 0.260 e. The minimum Gasteiger partial charge on any atom is -0.345 e. The summed E-state index contributed by atoms with van der Waals surface area (Å²) in [6.45, 7) is 4.22. The van der Waals surface area contributed by atoms with Gasteiger partial charge in [-0.25, -0.2) is 0 Å². The number of nitrogens with one attached hydrogen (secondary N) is 2. The fourth-order valence-electron chi connectivity index (χ4n) is 2.27. The SMILES string of the molecule is CC(C)CC(NC(=O)c1ccc[nH]c1=O)c1ccccc1. The highest BCUT2D eigenvalue weighted by Gasteiger charge is 2.18. The summed E-state index contributed by atoms with van der Waals surface area (Å²) in [7, 11) is 0. The van der Waals surface area contributed by atoms with Crippen LogP contribution in [0.4, 0.5) is 0 Å². The van der Waals surface area contributed by atoms with Gasteiger partial charge in [-0.1, -0.05) is 44.2 Å². The Hall–Kier alpha value is -2.36. The highest BCUT2D eigenvalue weighted by atomic mass is 16.2. The molecule has 0 saturated carbocycles. The number of amides is 1. The van der Waals surface area contributed by atoms with Crippen LogP contribution < -0.4 is 10.9 Å². The van der Waals surface area contributed by atoms with Crippen molar-refractivity contribution in [3.8, 4) is 0 Å². The molecule has 2 N–H and O–H groups in total. The fraction of sp³-hybridized carbons (Fsp3) is 0.294. The zero-order valence-corrected chi connectivity index (χ0v) is 12.3. The monoisotopic (exact) mass is 284 g/mol. The molecule has 21 heavy (non-hydrogen) atoms. The highest BCUT2D eigenvalue weighted by molar-refractivity contribution is 5.94. The van der Waals surface area contributed by atoms with Crippen molar-refractivity contribution in [2.24, 2.45) is 5.92 Å². The Kier molecular flexibility index (Phi) is 4.93. The van der Waals surface area contributed by atoms with E-state index >= 15 is 0 Å². The number of aromatic nitrogens is 1. The summed E-state index contributed by atoms with van der Waals surface area (Å²) in [4.78, 5) is 26.5. The lowest BCUT2D eigenvalue weighted by Gasteiger charge is -2.21. The molecule has 1 heterocycles. The summed E-state index contributed by atoms with van der Waals surface area (Å²) in [6, 6.07) is 12.9. The van der Waals surface area contributed by atoms with Crippen LogP contribution in [0.1, 0.15) is 42.2 Å². The number of pyridine rings is 1. The number of benzene rings is 1. The molecule has 0 aliphatic carbocycles. The second kappa shape index (κ2) is 6.88. The third kappa shape index (κ3) is 4.05. The minimum atomic E-state index is -0.369. The van der Waals surface area contributed by atoms with Crippen molar-refractivity contribution < 1.29 is 4.79 Å². The second-order valence-corrected chi connectivity index (χ2v) is 5.48. The number of carbonyl (C=O) groups excluding carboxylic acids is 1. The van der Waals surface area contributed by atoms with E-state index in [0.29, 0.717) is 5.92 Å². The van der Waals surface area contributed by atoms with Crippen LogP contribution in [0.2, 0.25) is 0 Å². The number of H-pyrrole nitrogens is 1. The molecule has 1 aromatic carbocycles. The van der Waals surface area contributed by atoms with Crippen molar-refractivity contribution in [1.82, 2.24) is 10.3 Å². The maximum absolute atomic E-state index is 12.3. The summed E-state index contributed by atoms with van der Waals surface area (Å²) in [5.41, 5.74) is 0.820. The standard InChI is InChI=1S/C17H20N2O2/c1-12(2)11-15(13-7-4-3-5-8-13)19-17(21)14-9-6-10-18-16(14)20/h3-10,12,15H,11H2,1-2H3,(H,18,20)(H,19,21). The lowest BCUT2D eigenvalue weighted by atomic mass is 9.96. The smallest absolute Gasteiger partial charge is 0.260 e. The summed E-state index contributed by atoms with van der Waals surface area (Å²) in [6.07, 6.45) is 2.34. The number of hydrogen-bond acceptors (Lipinski definition) is 2. The normalized spacial score (nSPS) is 12.1. The Balaban J connectivity index is 2.21. The van der Waals surface area contributed by atoms with Gasteiger partial charge in [0.1, 0.15) is 5.56 Å². The molecule has 0 radical (unpaired) electrons. The van der Waals surface area contributed by atoms with E-state index in [-0.39, 0.29) is 23.1 Å². The van der Waals surface area contributed by atoms with E-state index in [1.54, 1.807) is 6.07 Å². The average molecular weight is 284 g/mol. The fourth-order valence-corrected chi connectivity index (χ4v) is 2.27. The Labute approximate surface area is 124 Å². The van der Waals surface area contributed by atoms with Gasteiger partial charge in [0.25, 0.3) is 11.5 Å². The van der Waals surface area contributed by atoms with E-state index in [1.165, 1.54) is 12.3 Å². The summed E-state index contributed by atoms with van der Waals surface area (Å²) < 4.78 is 0. The van der Waals surface area contributed by atoms with Crippen molar-refractivity contribution in [1.29, 1.82) is 0 Å². The van der Waals surface area contributed by atoms with E-state index in [0.717, 1.165) is 12.0 Å². The molecule has 110 valence electrons. The molecule has 0 bridgehead atoms. The predicted octanol–water partition coefficient (Wildman–Crippen LogP) is 2.89. The van der Waals surface area contributed by atoms with Crippen molar-refractivity contribution in [2.75, 3.05) is 0 Å². The number of hydrogen-bond donors (Lipinski definition) is 2. The first-order chi connectivity index (χ1) is 10.1. The number of rotatable bonds is 5. The molecular formula is C17H20N2O2. The first-order valence-electron chi connectivity index (χ1n) is 7.11. The van der Waals surface area contributed by atoms with Crippen LogP contribution >= 0.6 is 0 Å². The third-order valence-electron chi connectivity index (χ3n) is 3.28. The minimum absolute atomic E-state index is 0.0988. The van der Waals surface area contributed by atoms with Gasteiger partial charge in [-0.2, -0.15) is 0 Å². The lowest BCUT2D eigenvalue weighted by molar-refractivity contribution is 0.0930. The van der Waals surface area contributed by atoms with Crippen LogP contribution in [0.15, 0.2) is 53.5 Å². The van der Waals surface area contributed by atoms with Gasteiger partial charge in [0.15, 0.2) is 0 Å². The largest absolute Gasteiger partial charge is 0.345 e. The molecule has 4 nitrogen and oxygen atoms in total. The molecular weight excluding hydrogens is 264 g/mol. The van der Waals surface area contributed by atoms with Crippen LogP contribution in [-0.4, -0.2) is 10.9 Å².